The number of carbonyl (C=O) groups excluding carboxylic acids is 1. The number of para-hydroxylation sites is 1. The first kappa shape index (κ1) is 36.9. The lowest BCUT2D eigenvalue weighted by Crippen LogP contribution is -2.29. The summed E-state index contributed by atoms with van der Waals surface area (Å²) < 4.78 is 5.37. The van der Waals surface area contributed by atoms with Crippen LogP contribution in [-0.4, -0.2) is 36.1 Å². The van der Waals surface area contributed by atoms with Crippen molar-refractivity contribution in [3.8, 4) is 11.5 Å². The van der Waals surface area contributed by atoms with E-state index in [-0.39, 0.29) is 11.7 Å². The summed E-state index contributed by atoms with van der Waals surface area (Å²) >= 11 is 0. The standard InChI is InChI=1S/C15H25NO.C10H14O2.C7H8.C2H6/c1-6-9-14(10-7-2)15(17)16(5)12-11-13(4)8-3;1-3-7-12-10-8(2)5-4-6-9(10)11;1-7-5-3-2-4-6-7;1-2/h6-7,9-10,13H,1,8,11-12H2,2-5H3;4-6,11H,3,7H2,1-2H3;2-6H,1H3;1-2H3/b10-7-,14-9+;;;. The molecule has 0 aliphatic heterocycles. The molecule has 0 aromatic heterocycles. The predicted molar refractivity (Wildman–Crippen MR) is 166 cm³/mol. The van der Waals surface area contributed by atoms with Crippen LogP contribution in [0.3, 0.4) is 0 Å². The summed E-state index contributed by atoms with van der Waals surface area (Å²) in [7, 11) is 1.85. The van der Waals surface area contributed by atoms with Crippen LogP contribution in [0.1, 0.15) is 71.9 Å². The average Bonchev–Trinajstić information content (AvgIpc) is 2.93. The molecule has 0 fully saturated rings. The lowest BCUT2D eigenvalue weighted by molar-refractivity contribution is -0.125. The van der Waals surface area contributed by atoms with Crippen LogP contribution in [0.4, 0.5) is 0 Å². The minimum atomic E-state index is 0.0614. The molecule has 0 aliphatic rings. The first-order chi connectivity index (χ1) is 18.2. The predicted octanol–water partition coefficient (Wildman–Crippen LogP) is 9.08. The molecule has 0 saturated carbocycles. The fraction of sp³-hybridized carbons (Fsp3) is 0.441. The van der Waals surface area contributed by atoms with Crippen LogP contribution in [0.5, 0.6) is 11.5 Å². The maximum atomic E-state index is 12.1. The number of hydrogen-bond donors (Lipinski definition) is 1. The third-order valence-electron chi connectivity index (χ3n) is 5.47. The van der Waals surface area contributed by atoms with Gasteiger partial charge in [-0.15, -0.1) is 0 Å². The molecular weight excluding hydrogens is 470 g/mol. The highest BCUT2D eigenvalue weighted by molar-refractivity contribution is 5.96. The van der Waals surface area contributed by atoms with E-state index in [2.05, 4.69) is 39.5 Å². The van der Waals surface area contributed by atoms with Crippen molar-refractivity contribution in [1.29, 1.82) is 0 Å². The molecule has 4 heteroatoms. The number of likely N-dealkylation sites (N-methyl/N-ethyl adjacent to an activating group) is 1. The van der Waals surface area contributed by atoms with Crippen LogP contribution in [0, 0.1) is 19.8 Å². The van der Waals surface area contributed by atoms with E-state index in [0.29, 0.717) is 23.8 Å². The zero-order valence-electron chi connectivity index (χ0n) is 25.5. The van der Waals surface area contributed by atoms with Gasteiger partial charge in [0.15, 0.2) is 11.5 Å². The number of aromatic hydroxyl groups is 1. The molecule has 2 rings (SSSR count). The summed E-state index contributed by atoms with van der Waals surface area (Å²) in [6, 6.07) is 15.6. The Morgan fingerprint density at radius 3 is 2.16 bits per heavy atom. The monoisotopic (exact) mass is 523 g/mol. The highest BCUT2D eigenvalue weighted by atomic mass is 16.5. The molecule has 0 saturated heterocycles. The van der Waals surface area contributed by atoms with Gasteiger partial charge in [-0.2, -0.15) is 0 Å². The van der Waals surface area contributed by atoms with Gasteiger partial charge in [-0.3, -0.25) is 4.79 Å². The van der Waals surface area contributed by atoms with E-state index < -0.39 is 0 Å². The van der Waals surface area contributed by atoms with Gasteiger partial charge in [-0.05, 0) is 51.2 Å². The largest absolute Gasteiger partial charge is 0.504 e. The molecule has 0 heterocycles. The molecule has 212 valence electrons. The zero-order chi connectivity index (χ0) is 29.3. The molecule has 1 atom stereocenters. The highest BCUT2D eigenvalue weighted by Crippen LogP contribution is 2.29. The number of nitrogens with zero attached hydrogens (tertiary/aromatic N) is 1. The molecule has 1 unspecified atom stereocenters. The van der Waals surface area contributed by atoms with Crippen LogP contribution in [0.2, 0.25) is 0 Å². The summed E-state index contributed by atoms with van der Waals surface area (Å²) in [5, 5.41) is 9.39. The molecule has 0 aliphatic carbocycles. The van der Waals surface area contributed by atoms with Gasteiger partial charge in [0, 0.05) is 19.2 Å². The van der Waals surface area contributed by atoms with Gasteiger partial charge in [0.2, 0.25) is 0 Å². The van der Waals surface area contributed by atoms with E-state index in [1.807, 2.05) is 84.2 Å². The lowest BCUT2D eigenvalue weighted by atomic mass is 10.0. The Bertz CT molecular complexity index is 912. The van der Waals surface area contributed by atoms with Gasteiger partial charge in [-0.1, -0.05) is 120 Å². The first-order valence-electron chi connectivity index (χ1n) is 13.8. The van der Waals surface area contributed by atoms with Crippen molar-refractivity contribution in [2.24, 2.45) is 5.92 Å². The minimum absolute atomic E-state index is 0.0614. The smallest absolute Gasteiger partial charge is 0.253 e. The van der Waals surface area contributed by atoms with Crippen LogP contribution in [-0.2, 0) is 4.79 Å². The third-order valence-corrected chi connectivity index (χ3v) is 5.47. The Labute approximate surface area is 233 Å². The fourth-order valence-corrected chi connectivity index (χ4v) is 3.01. The Kier molecular flexibility index (Phi) is 23.4. The number of hydrogen-bond acceptors (Lipinski definition) is 3. The van der Waals surface area contributed by atoms with Crippen molar-refractivity contribution in [2.45, 2.75) is 74.7 Å². The second-order valence-electron chi connectivity index (χ2n) is 8.81. The molecule has 4 nitrogen and oxygen atoms in total. The minimum Gasteiger partial charge on any atom is -0.504 e. The number of benzene rings is 2. The summed E-state index contributed by atoms with van der Waals surface area (Å²) in [5.41, 5.74) is 2.99. The van der Waals surface area contributed by atoms with Crippen molar-refractivity contribution in [2.75, 3.05) is 20.2 Å². The van der Waals surface area contributed by atoms with Crippen molar-refractivity contribution in [1.82, 2.24) is 4.90 Å². The summed E-state index contributed by atoms with van der Waals surface area (Å²) in [6.07, 6.45) is 10.3. The van der Waals surface area contributed by atoms with Crippen LogP contribution in [0.15, 0.2) is 85.0 Å². The van der Waals surface area contributed by atoms with E-state index in [9.17, 15) is 9.90 Å². The van der Waals surface area contributed by atoms with Gasteiger partial charge < -0.3 is 14.7 Å². The Morgan fingerprint density at radius 2 is 1.71 bits per heavy atom. The molecule has 2 aromatic carbocycles. The number of ether oxygens (including phenoxy) is 1. The van der Waals surface area contributed by atoms with Crippen molar-refractivity contribution in [3.05, 3.63) is 96.1 Å². The van der Waals surface area contributed by atoms with Gasteiger partial charge in [0.05, 0.1) is 6.61 Å². The Balaban J connectivity index is 0. The van der Waals surface area contributed by atoms with E-state index in [1.165, 1.54) is 5.56 Å². The van der Waals surface area contributed by atoms with Gasteiger partial charge >= 0.3 is 0 Å². The second kappa shape index (κ2) is 24.1. The van der Waals surface area contributed by atoms with Crippen molar-refractivity contribution in [3.63, 3.8) is 0 Å². The van der Waals surface area contributed by atoms with Gasteiger partial charge in [0.25, 0.3) is 5.91 Å². The quantitative estimate of drug-likeness (QED) is 0.249. The number of phenolic OH excluding ortho intramolecular Hbond substituents is 1. The number of rotatable bonds is 10. The molecule has 38 heavy (non-hydrogen) atoms. The number of amides is 1. The molecule has 1 amide bonds. The summed E-state index contributed by atoms with van der Waals surface area (Å²) in [6.45, 7) is 21.4. The van der Waals surface area contributed by atoms with Gasteiger partial charge in [-0.25, -0.2) is 0 Å². The van der Waals surface area contributed by atoms with Crippen molar-refractivity contribution >= 4 is 5.91 Å². The SMILES string of the molecule is C=C/C=C(\C=C/C)C(=O)N(C)CCC(C)CC.CC.CCCOc1c(C)cccc1O.Cc1ccccc1. The average molecular weight is 524 g/mol. The van der Waals surface area contributed by atoms with E-state index in [4.69, 9.17) is 4.74 Å². The molecule has 0 radical (unpaired) electrons. The Morgan fingerprint density at radius 1 is 1.08 bits per heavy atom. The zero-order valence-corrected chi connectivity index (χ0v) is 25.5. The molecule has 0 spiro atoms. The summed E-state index contributed by atoms with van der Waals surface area (Å²) in [4.78, 5) is 13.9. The van der Waals surface area contributed by atoms with Crippen LogP contribution < -0.4 is 4.74 Å². The highest BCUT2D eigenvalue weighted by Gasteiger charge is 2.12. The van der Waals surface area contributed by atoms with E-state index >= 15 is 0 Å². The topological polar surface area (TPSA) is 49.8 Å². The molecule has 0 bridgehead atoms. The normalized spacial score (nSPS) is 11.0. The van der Waals surface area contributed by atoms with Crippen molar-refractivity contribution < 1.29 is 14.6 Å². The maximum Gasteiger partial charge on any atom is 0.253 e. The molecule has 2 aromatic rings. The summed E-state index contributed by atoms with van der Waals surface area (Å²) in [5.74, 6) is 1.56. The number of phenols is 1. The molecule has 1 N–H and O–H groups in total. The molecular formula is C34H53NO3. The van der Waals surface area contributed by atoms with E-state index in [1.54, 1.807) is 23.1 Å². The fourth-order valence-electron chi connectivity index (χ4n) is 3.01. The Hall–Kier alpha value is -3.27. The second-order valence-corrected chi connectivity index (χ2v) is 8.81. The number of allylic oxidation sites excluding steroid dienone is 3. The van der Waals surface area contributed by atoms with Gasteiger partial charge in [0.1, 0.15) is 0 Å². The third kappa shape index (κ3) is 17.2. The van der Waals surface area contributed by atoms with E-state index in [0.717, 1.165) is 31.4 Å². The van der Waals surface area contributed by atoms with Crippen LogP contribution in [0.25, 0.3) is 0 Å². The first-order valence-corrected chi connectivity index (χ1v) is 13.8. The number of carbonyl (C=O) groups is 1. The lowest BCUT2D eigenvalue weighted by Gasteiger charge is -2.19. The number of aryl methyl sites for hydroxylation is 2. The van der Waals surface area contributed by atoms with Crippen LogP contribution >= 0.6 is 0 Å². The maximum absolute atomic E-state index is 12.1.